The van der Waals surface area contributed by atoms with Crippen LogP contribution in [0.15, 0.2) is 48.5 Å². The van der Waals surface area contributed by atoms with Gasteiger partial charge in [0, 0.05) is 0 Å². The molecule has 2 atom stereocenters. The molecule has 2 unspecified atom stereocenters. The Morgan fingerprint density at radius 2 is 1.90 bits per heavy atom. The number of nitrogens with two attached hydrogens (primary N) is 1. The molecule has 2 aromatic carbocycles. The Morgan fingerprint density at radius 1 is 1.15 bits per heavy atom. The lowest BCUT2D eigenvalue weighted by Crippen LogP contribution is -2.35. The Kier molecular flexibility index (Phi) is 3.83. The highest BCUT2D eigenvalue weighted by atomic mass is 16.5. The van der Waals surface area contributed by atoms with E-state index in [1.807, 2.05) is 0 Å². The fourth-order valence-corrected chi connectivity index (χ4v) is 2.83. The van der Waals surface area contributed by atoms with Crippen LogP contribution in [0.3, 0.4) is 0 Å². The van der Waals surface area contributed by atoms with Gasteiger partial charge in [0.1, 0.15) is 6.10 Å². The maximum Gasteiger partial charge on any atom is 0.103 e. The second kappa shape index (κ2) is 5.75. The lowest BCUT2D eigenvalue weighted by molar-refractivity contribution is 0.0147. The molecule has 0 aromatic heterocycles. The maximum absolute atomic E-state index is 6.00. The predicted octanol–water partition coefficient (Wildman–Crippen LogP) is 2.81. The first kappa shape index (κ1) is 13.3. The zero-order chi connectivity index (χ0) is 13.9. The number of hydrogen-bond acceptors (Lipinski definition) is 3. The minimum atomic E-state index is -0.0346. The highest BCUT2D eigenvalue weighted by molar-refractivity contribution is 5.35. The second-order valence-electron chi connectivity index (χ2n) is 5.30. The summed E-state index contributed by atoms with van der Waals surface area (Å²) >= 11 is 0. The molecule has 0 spiro atoms. The van der Waals surface area contributed by atoms with Crippen molar-refractivity contribution in [2.75, 3.05) is 6.61 Å². The third kappa shape index (κ3) is 2.48. The predicted molar refractivity (Wildman–Crippen MR) is 80.1 cm³/mol. The largest absolute Gasteiger partial charge is 0.371 e. The summed E-state index contributed by atoms with van der Waals surface area (Å²) in [6.07, 6.45) is 0.936. The molecule has 1 aliphatic rings. The Balaban J connectivity index is 1.96. The van der Waals surface area contributed by atoms with Gasteiger partial charge >= 0.3 is 0 Å². The molecule has 0 fully saturated rings. The van der Waals surface area contributed by atoms with E-state index in [-0.39, 0.29) is 12.1 Å². The van der Waals surface area contributed by atoms with Crippen LogP contribution in [0.25, 0.3) is 0 Å². The molecule has 1 aliphatic heterocycles. The molecule has 0 radical (unpaired) electrons. The topological polar surface area (TPSA) is 47.3 Å². The number of rotatable bonds is 3. The summed E-state index contributed by atoms with van der Waals surface area (Å²) in [7, 11) is 0. The van der Waals surface area contributed by atoms with E-state index < -0.39 is 0 Å². The van der Waals surface area contributed by atoms with Crippen LogP contribution in [-0.2, 0) is 11.2 Å². The molecule has 2 aromatic rings. The van der Waals surface area contributed by atoms with E-state index in [0.717, 1.165) is 18.6 Å². The average molecular weight is 268 g/mol. The molecule has 3 nitrogen and oxygen atoms in total. The standard InChI is InChI=1S/C17H20N2O/c1-12-6-8-14(9-7-12)16(19-18)17-15-5-3-2-4-13(15)10-11-20-17/h2-9,16-17,19H,10-11,18H2,1H3. The number of fused-ring (bicyclic) bond motifs is 1. The van der Waals surface area contributed by atoms with Gasteiger partial charge in [0.15, 0.2) is 0 Å². The van der Waals surface area contributed by atoms with Crippen LogP contribution < -0.4 is 11.3 Å². The van der Waals surface area contributed by atoms with Crippen molar-refractivity contribution in [3.8, 4) is 0 Å². The van der Waals surface area contributed by atoms with Gasteiger partial charge in [-0.3, -0.25) is 11.3 Å². The maximum atomic E-state index is 6.00. The van der Waals surface area contributed by atoms with Gasteiger partial charge in [-0.15, -0.1) is 0 Å². The van der Waals surface area contributed by atoms with Gasteiger partial charge in [0.05, 0.1) is 12.6 Å². The quantitative estimate of drug-likeness (QED) is 0.664. The monoisotopic (exact) mass is 268 g/mol. The van der Waals surface area contributed by atoms with Crippen molar-refractivity contribution in [1.29, 1.82) is 0 Å². The van der Waals surface area contributed by atoms with Gasteiger partial charge in [0.2, 0.25) is 0 Å². The van der Waals surface area contributed by atoms with Crippen LogP contribution in [-0.4, -0.2) is 6.61 Å². The lowest BCUT2D eigenvalue weighted by atomic mass is 9.90. The molecule has 3 N–H and O–H groups in total. The van der Waals surface area contributed by atoms with Gasteiger partial charge in [-0.2, -0.15) is 0 Å². The van der Waals surface area contributed by atoms with Gasteiger partial charge in [-0.05, 0) is 30.0 Å². The molecular weight excluding hydrogens is 248 g/mol. The van der Waals surface area contributed by atoms with Crippen molar-refractivity contribution in [3.63, 3.8) is 0 Å². The van der Waals surface area contributed by atoms with Crippen molar-refractivity contribution in [1.82, 2.24) is 5.43 Å². The van der Waals surface area contributed by atoms with Crippen molar-refractivity contribution in [2.24, 2.45) is 5.84 Å². The molecule has 3 heteroatoms. The molecule has 0 bridgehead atoms. The molecule has 0 amide bonds. The molecule has 1 heterocycles. The number of hydrazine groups is 1. The van der Waals surface area contributed by atoms with E-state index in [0.29, 0.717) is 0 Å². The first-order valence-electron chi connectivity index (χ1n) is 7.01. The van der Waals surface area contributed by atoms with Gasteiger partial charge in [-0.1, -0.05) is 54.1 Å². The Labute approximate surface area is 119 Å². The lowest BCUT2D eigenvalue weighted by Gasteiger charge is -2.32. The van der Waals surface area contributed by atoms with Crippen LogP contribution in [0.1, 0.15) is 34.4 Å². The van der Waals surface area contributed by atoms with E-state index in [2.05, 4.69) is 60.9 Å². The summed E-state index contributed by atoms with van der Waals surface area (Å²) in [6, 6.07) is 16.9. The Bertz CT molecular complexity index is 580. The van der Waals surface area contributed by atoms with Crippen molar-refractivity contribution in [2.45, 2.75) is 25.5 Å². The zero-order valence-corrected chi connectivity index (χ0v) is 11.7. The van der Waals surface area contributed by atoms with Crippen molar-refractivity contribution < 1.29 is 4.74 Å². The molecule has 0 saturated carbocycles. The Hall–Kier alpha value is -1.68. The van der Waals surface area contributed by atoms with Gasteiger partial charge in [0.25, 0.3) is 0 Å². The van der Waals surface area contributed by atoms with E-state index in [1.54, 1.807) is 0 Å². The second-order valence-corrected chi connectivity index (χ2v) is 5.30. The van der Waals surface area contributed by atoms with Crippen molar-refractivity contribution in [3.05, 3.63) is 70.8 Å². The minimum Gasteiger partial charge on any atom is -0.371 e. The van der Waals surface area contributed by atoms with Gasteiger partial charge in [-0.25, -0.2) is 0 Å². The molecule has 0 saturated heterocycles. The summed E-state index contributed by atoms with van der Waals surface area (Å²) in [5, 5.41) is 0. The first-order valence-corrected chi connectivity index (χ1v) is 7.01. The zero-order valence-electron chi connectivity index (χ0n) is 11.7. The van der Waals surface area contributed by atoms with E-state index in [4.69, 9.17) is 10.6 Å². The smallest absolute Gasteiger partial charge is 0.103 e. The summed E-state index contributed by atoms with van der Waals surface area (Å²) in [5.41, 5.74) is 7.92. The minimum absolute atomic E-state index is 0.0305. The summed E-state index contributed by atoms with van der Waals surface area (Å²) in [6.45, 7) is 2.83. The number of benzene rings is 2. The average Bonchev–Trinajstić information content (AvgIpc) is 2.50. The van der Waals surface area contributed by atoms with E-state index in [1.165, 1.54) is 16.7 Å². The van der Waals surface area contributed by atoms with Crippen LogP contribution in [0.5, 0.6) is 0 Å². The molecular formula is C17H20N2O. The van der Waals surface area contributed by atoms with Crippen LogP contribution in [0.4, 0.5) is 0 Å². The number of hydrogen-bond donors (Lipinski definition) is 2. The van der Waals surface area contributed by atoms with Crippen molar-refractivity contribution >= 4 is 0 Å². The van der Waals surface area contributed by atoms with E-state index in [9.17, 15) is 0 Å². The molecule has 20 heavy (non-hydrogen) atoms. The molecule has 104 valence electrons. The Morgan fingerprint density at radius 3 is 2.65 bits per heavy atom. The first-order chi connectivity index (χ1) is 9.79. The van der Waals surface area contributed by atoms with Crippen LogP contribution >= 0.6 is 0 Å². The SMILES string of the molecule is Cc1ccc(C(NN)C2OCCc3ccccc32)cc1. The summed E-state index contributed by atoms with van der Waals surface area (Å²) in [5.74, 6) is 5.80. The summed E-state index contributed by atoms with van der Waals surface area (Å²) in [4.78, 5) is 0. The number of ether oxygens (including phenoxy) is 1. The normalized spacial score (nSPS) is 19.4. The highest BCUT2D eigenvalue weighted by Crippen LogP contribution is 2.36. The fraction of sp³-hybridized carbons (Fsp3) is 0.294. The van der Waals surface area contributed by atoms with E-state index >= 15 is 0 Å². The van der Waals surface area contributed by atoms with Gasteiger partial charge < -0.3 is 4.74 Å². The molecule has 0 aliphatic carbocycles. The molecule has 3 rings (SSSR count). The fourth-order valence-electron chi connectivity index (χ4n) is 2.83. The third-order valence-corrected chi connectivity index (χ3v) is 3.95. The summed E-state index contributed by atoms with van der Waals surface area (Å²) < 4.78 is 6.00. The highest BCUT2D eigenvalue weighted by Gasteiger charge is 2.29. The van der Waals surface area contributed by atoms with Crippen LogP contribution in [0, 0.1) is 6.92 Å². The van der Waals surface area contributed by atoms with Crippen LogP contribution in [0.2, 0.25) is 0 Å². The third-order valence-electron chi connectivity index (χ3n) is 3.95. The number of nitrogens with one attached hydrogen (secondary N) is 1. The number of aryl methyl sites for hydroxylation is 1.